The lowest BCUT2D eigenvalue weighted by atomic mass is 9.82. The van der Waals surface area contributed by atoms with E-state index in [1.54, 1.807) is 30.4 Å². The van der Waals surface area contributed by atoms with Gasteiger partial charge in [0.05, 0.1) is 29.6 Å². The first-order valence-corrected chi connectivity index (χ1v) is 9.91. The van der Waals surface area contributed by atoms with E-state index in [4.69, 9.17) is 26.2 Å². The molecule has 0 amide bonds. The van der Waals surface area contributed by atoms with E-state index in [2.05, 4.69) is 0 Å². The van der Waals surface area contributed by atoms with Crippen LogP contribution >= 0.6 is 11.6 Å². The summed E-state index contributed by atoms with van der Waals surface area (Å²) in [5.41, 5.74) is 1.03. The predicted molar refractivity (Wildman–Crippen MR) is 109 cm³/mol. The highest BCUT2D eigenvalue weighted by atomic mass is 35.5. The second-order valence-corrected chi connectivity index (χ2v) is 7.55. The molecule has 0 bridgehead atoms. The summed E-state index contributed by atoms with van der Waals surface area (Å²) in [5, 5.41) is 18.2. The summed E-state index contributed by atoms with van der Waals surface area (Å²) >= 11 is 5.96. The maximum atomic E-state index is 12.2. The predicted octanol–water partition coefficient (Wildman–Crippen LogP) is 3.91. The zero-order valence-corrected chi connectivity index (χ0v) is 16.5. The van der Waals surface area contributed by atoms with Gasteiger partial charge >= 0.3 is 5.97 Å². The summed E-state index contributed by atoms with van der Waals surface area (Å²) in [6.07, 6.45) is 8.05. The van der Waals surface area contributed by atoms with Crippen molar-refractivity contribution < 1.29 is 29.3 Å². The number of rotatable bonds is 9. The number of carbonyl (C=O) groups excluding carboxylic acids is 1. The lowest BCUT2D eigenvalue weighted by Gasteiger charge is -2.31. The van der Waals surface area contributed by atoms with Crippen LogP contribution in [0.15, 0.2) is 53.8 Å². The average molecular weight is 419 g/mol. The molecule has 0 spiro atoms. The van der Waals surface area contributed by atoms with Gasteiger partial charge in [-0.05, 0) is 43.0 Å². The molecule has 29 heavy (non-hydrogen) atoms. The van der Waals surface area contributed by atoms with Gasteiger partial charge < -0.3 is 19.7 Å². The fourth-order valence-electron chi connectivity index (χ4n) is 3.09. The highest BCUT2D eigenvalue weighted by Crippen LogP contribution is 2.30. The van der Waals surface area contributed by atoms with Crippen molar-refractivity contribution in [2.24, 2.45) is 5.92 Å². The Morgan fingerprint density at radius 2 is 1.90 bits per heavy atom. The summed E-state index contributed by atoms with van der Waals surface area (Å²) in [4.78, 5) is 23.0. The summed E-state index contributed by atoms with van der Waals surface area (Å²) in [6.45, 7) is 0.780. The van der Waals surface area contributed by atoms with Gasteiger partial charge in [-0.25, -0.2) is 0 Å². The van der Waals surface area contributed by atoms with Crippen molar-refractivity contribution in [2.75, 3.05) is 13.2 Å². The monoisotopic (exact) mass is 418 g/mol. The Bertz CT molecular complexity index is 833. The normalized spacial score (nSPS) is 23.8. The molecule has 7 heteroatoms. The van der Waals surface area contributed by atoms with Crippen molar-refractivity contribution in [3.05, 3.63) is 59.4 Å². The molecule has 1 aromatic carbocycles. The van der Waals surface area contributed by atoms with Gasteiger partial charge in [-0.15, -0.1) is 11.6 Å². The Morgan fingerprint density at radius 3 is 2.59 bits per heavy atom. The number of alkyl halides is 1. The molecule has 1 fully saturated rings. The minimum atomic E-state index is -0.760. The van der Waals surface area contributed by atoms with Crippen LogP contribution in [0.4, 0.5) is 0 Å². The molecule has 0 aliphatic heterocycles. The van der Waals surface area contributed by atoms with Gasteiger partial charge in [0, 0.05) is 0 Å². The Hall–Kier alpha value is -2.57. The minimum absolute atomic E-state index is 0.00684. The largest absolute Gasteiger partial charge is 0.510 e. The van der Waals surface area contributed by atoms with Crippen molar-refractivity contribution in [2.45, 2.75) is 30.7 Å². The number of halogens is 1. The highest BCUT2D eigenvalue weighted by Gasteiger charge is 2.34. The SMILES string of the molecule is O=C(/C=C/c1ccc(OCCOC2CC(C(=O)O)C2)cc1)C1=C(O)C(Cl)CC=C1. The lowest BCUT2D eigenvalue weighted by molar-refractivity contribution is -0.151. The molecule has 1 saturated carbocycles. The molecule has 2 aliphatic carbocycles. The number of ether oxygens (including phenoxy) is 2. The number of aliphatic hydroxyl groups excluding tert-OH is 1. The first-order valence-electron chi connectivity index (χ1n) is 9.47. The topological polar surface area (TPSA) is 93.1 Å². The third-order valence-corrected chi connectivity index (χ3v) is 5.31. The fraction of sp³-hybridized carbons (Fsp3) is 0.364. The van der Waals surface area contributed by atoms with E-state index in [9.17, 15) is 14.7 Å². The van der Waals surface area contributed by atoms with Crippen LogP contribution in [0.25, 0.3) is 6.08 Å². The van der Waals surface area contributed by atoms with Crippen molar-refractivity contribution in [1.82, 2.24) is 0 Å². The van der Waals surface area contributed by atoms with Gasteiger partial charge in [0.1, 0.15) is 18.1 Å². The van der Waals surface area contributed by atoms with Gasteiger partial charge in [-0.3, -0.25) is 9.59 Å². The molecule has 0 aromatic heterocycles. The standard InChI is InChI=1S/C22H23ClO6/c23-19-3-1-2-18(21(19)25)20(24)9-6-14-4-7-16(8-5-14)28-10-11-29-17-12-15(13-17)22(26)27/h1-2,4-9,15,17,19,25H,3,10-13H2,(H,26,27)/b9-6+. The lowest BCUT2D eigenvalue weighted by Crippen LogP contribution is -2.36. The van der Waals surface area contributed by atoms with E-state index in [0.29, 0.717) is 38.2 Å². The molecule has 2 N–H and O–H groups in total. The van der Waals surface area contributed by atoms with E-state index in [1.165, 1.54) is 6.08 Å². The van der Waals surface area contributed by atoms with Crippen LogP contribution in [0, 0.1) is 5.92 Å². The summed E-state index contributed by atoms with van der Waals surface area (Å²) in [7, 11) is 0. The molecule has 1 unspecified atom stereocenters. The van der Waals surface area contributed by atoms with Crippen LogP contribution in [0.3, 0.4) is 0 Å². The van der Waals surface area contributed by atoms with Crippen molar-refractivity contribution in [3.8, 4) is 5.75 Å². The summed E-state index contributed by atoms with van der Waals surface area (Å²) in [5.74, 6) is -0.754. The van der Waals surface area contributed by atoms with Gasteiger partial charge in [-0.1, -0.05) is 30.4 Å². The fourth-order valence-corrected chi connectivity index (χ4v) is 3.31. The van der Waals surface area contributed by atoms with E-state index in [0.717, 1.165) is 5.56 Å². The van der Waals surface area contributed by atoms with Gasteiger partial charge in [0.15, 0.2) is 5.78 Å². The number of hydrogen-bond acceptors (Lipinski definition) is 5. The minimum Gasteiger partial charge on any atom is -0.510 e. The Kier molecular flexibility index (Phi) is 7.12. The number of carboxylic acid groups (broad SMARTS) is 1. The van der Waals surface area contributed by atoms with Gasteiger partial charge in [0.25, 0.3) is 0 Å². The van der Waals surface area contributed by atoms with Crippen molar-refractivity contribution >= 4 is 29.4 Å². The van der Waals surface area contributed by atoms with Crippen molar-refractivity contribution in [1.29, 1.82) is 0 Å². The number of carbonyl (C=O) groups is 2. The molecule has 0 heterocycles. The molecule has 154 valence electrons. The van der Waals surface area contributed by atoms with E-state index < -0.39 is 11.3 Å². The molecule has 1 atom stereocenters. The van der Waals surface area contributed by atoms with Crippen molar-refractivity contribution in [3.63, 3.8) is 0 Å². The average Bonchev–Trinajstić information content (AvgIpc) is 2.67. The first kappa shape index (κ1) is 21.1. The maximum absolute atomic E-state index is 12.2. The molecule has 0 saturated heterocycles. The maximum Gasteiger partial charge on any atom is 0.306 e. The van der Waals surface area contributed by atoms with Gasteiger partial charge in [0.2, 0.25) is 0 Å². The van der Waals surface area contributed by atoms with Crippen LogP contribution in [-0.2, 0) is 14.3 Å². The van der Waals surface area contributed by atoms with E-state index >= 15 is 0 Å². The number of ketones is 1. The van der Waals surface area contributed by atoms with Crippen LogP contribution in [0.5, 0.6) is 5.75 Å². The van der Waals surface area contributed by atoms with Crippen LogP contribution in [0.2, 0.25) is 0 Å². The van der Waals surface area contributed by atoms with Crippen LogP contribution in [-0.4, -0.2) is 46.7 Å². The van der Waals surface area contributed by atoms with E-state index in [-0.39, 0.29) is 29.1 Å². The molecule has 2 aliphatic rings. The number of benzene rings is 1. The van der Waals surface area contributed by atoms with Gasteiger partial charge in [-0.2, -0.15) is 0 Å². The zero-order valence-electron chi connectivity index (χ0n) is 15.8. The molecule has 6 nitrogen and oxygen atoms in total. The number of hydrogen-bond donors (Lipinski definition) is 2. The Labute approximate surface area is 174 Å². The molecular weight excluding hydrogens is 396 g/mol. The summed E-state index contributed by atoms with van der Waals surface area (Å²) < 4.78 is 11.2. The number of allylic oxidation sites excluding steroid dienone is 5. The van der Waals surface area contributed by atoms with E-state index in [1.807, 2.05) is 12.1 Å². The van der Waals surface area contributed by atoms with Crippen LogP contribution < -0.4 is 4.74 Å². The number of carboxylic acids is 1. The number of aliphatic hydroxyl groups is 1. The first-order chi connectivity index (χ1) is 13.9. The quantitative estimate of drug-likeness (QED) is 0.359. The molecule has 1 aromatic rings. The third kappa shape index (κ3) is 5.71. The Morgan fingerprint density at radius 1 is 1.17 bits per heavy atom. The molecule has 0 radical (unpaired) electrons. The highest BCUT2D eigenvalue weighted by molar-refractivity contribution is 6.23. The Balaban J connectivity index is 1.41. The van der Waals surface area contributed by atoms with Crippen LogP contribution in [0.1, 0.15) is 24.8 Å². The molecule has 3 rings (SSSR count). The second-order valence-electron chi connectivity index (χ2n) is 7.02. The summed E-state index contributed by atoms with van der Waals surface area (Å²) in [6, 6.07) is 7.22. The third-order valence-electron chi connectivity index (χ3n) is 4.92. The number of aliphatic carboxylic acids is 1. The molecular formula is C22H23ClO6. The smallest absolute Gasteiger partial charge is 0.306 e. The zero-order chi connectivity index (χ0) is 20.8. The second kappa shape index (κ2) is 9.76.